The van der Waals surface area contributed by atoms with Crippen molar-refractivity contribution in [1.29, 1.82) is 0 Å². The van der Waals surface area contributed by atoms with Gasteiger partial charge in [0.15, 0.2) is 11.5 Å². The van der Waals surface area contributed by atoms with Gasteiger partial charge in [0.25, 0.3) is 0 Å². The summed E-state index contributed by atoms with van der Waals surface area (Å²) >= 11 is 0. The molecule has 0 radical (unpaired) electrons. The van der Waals surface area contributed by atoms with Crippen LogP contribution in [-0.4, -0.2) is 38.6 Å². The molecular formula is C12H18O4. The molecule has 1 aromatic carbocycles. The van der Waals surface area contributed by atoms with Crippen LogP contribution < -0.4 is 4.74 Å². The van der Waals surface area contributed by atoms with E-state index in [0.29, 0.717) is 32.2 Å². The van der Waals surface area contributed by atoms with E-state index in [1.807, 2.05) is 6.07 Å². The van der Waals surface area contributed by atoms with E-state index in [1.165, 1.54) is 0 Å². The molecule has 4 heteroatoms. The van der Waals surface area contributed by atoms with E-state index in [4.69, 9.17) is 14.2 Å². The second-order valence-electron chi connectivity index (χ2n) is 3.27. The van der Waals surface area contributed by atoms with Gasteiger partial charge in [0, 0.05) is 20.1 Å². The maximum Gasteiger partial charge on any atom is 0.160 e. The van der Waals surface area contributed by atoms with Crippen LogP contribution in [0.2, 0.25) is 0 Å². The standard InChI is InChI=1S/C12H18O4/c1-14-9-10-15-7-4-8-16-12-6-3-2-5-11(12)13/h2-3,5-6,13H,4,7-10H2,1H3. The Morgan fingerprint density at radius 1 is 1.06 bits per heavy atom. The summed E-state index contributed by atoms with van der Waals surface area (Å²) in [6.45, 7) is 2.38. The van der Waals surface area contributed by atoms with Crippen molar-refractivity contribution in [2.24, 2.45) is 0 Å². The predicted octanol–water partition coefficient (Wildman–Crippen LogP) is 1.82. The summed E-state index contributed by atoms with van der Waals surface area (Å²) < 4.78 is 15.5. The molecule has 0 amide bonds. The Labute approximate surface area is 95.8 Å². The van der Waals surface area contributed by atoms with Gasteiger partial charge in [0.2, 0.25) is 0 Å². The molecular weight excluding hydrogens is 208 g/mol. The van der Waals surface area contributed by atoms with E-state index in [-0.39, 0.29) is 5.75 Å². The average molecular weight is 226 g/mol. The number of hydrogen-bond acceptors (Lipinski definition) is 4. The van der Waals surface area contributed by atoms with E-state index < -0.39 is 0 Å². The van der Waals surface area contributed by atoms with Crippen LogP contribution in [0.4, 0.5) is 0 Å². The number of ether oxygens (including phenoxy) is 3. The lowest BCUT2D eigenvalue weighted by Crippen LogP contribution is -2.06. The summed E-state index contributed by atoms with van der Waals surface area (Å²) in [6, 6.07) is 6.92. The lowest BCUT2D eigenvalue weighted by atomic mass is 10.3. The van der Waals surface area contributed by atoms with Crippen LogP contribution in [0.5, 0.6) is 11.5 Å². The molecule has 1 N–H and O–H groups in total. The highest BCUT2D eigenvalue weighted by molar-refractivity contribution is 5.37. The first-order valence-electron chi connectivity index (χ1n) is 5.32. The monoisotopic (exact) mass is 226 g/mol. The van der Waals surface area contributed by atoms with E-state index in [9.17, 15) is 5.11 Å². The van der Waals surface area contributed by atoms with Gasteiger partial charge in [-0.1, -0.05) is 12.1 Å². The van der Waals surface area contributed by atoms with Crippen molar-refractivity contribution >= 4 is 0 Å². The summed E-state index contributed by atoms with van der Waals surface area (Å²) in [5, 5.41) is 9.41. The molecule has 0 heterocycles. The topological polar surface area (TPSA) is 47.9 Å². The second kappa shape index (κ2) is 7.96. The number of phenolic OH excluding ortho intramolecular Hbond substituents is 1. The zero-order valence-electron chi connectivity index (χ0n) is 9.52. The minimum Gasteiger partial charge on any atom is -0.504 e. The number of rotatable bonds is 8. The SMILES string of the molecule is COCCOCCCOc1ccccc1O. The van der Waals surface area contributed by atoms with Gasteiger partial charge in [-0.15, -0.1) is 0 Å². The van der Waals surface area contributed by atoms with Gasteiger partial charge in [-0.05, 0) is 12.1 Å². The smallest absolute Gasteiger partial charge is 0.160 e. The zero-order valence-corrected chi connectivity index (χ0v) is 9.52. The molecule has 0 aliphatic rings. The van der Waals surface area contributed by atoms with Crippen molar-refractivity contribution in [3.63, 3.8) is 0 Å². The second-order valence-corrected chi connectivity index (χ2v) is 3.27. The molecule has 16 heavy (non-hydrogen) atoms. The van der Waals surface area contributed by atoms with Gasteiger partial charge in [0.1, 0.15) is 0 Å². The molecule has 4 nitrogen and oxygen atoms in total. The zero-order chi connectivity index (χ0) is 11.6. The van der Waals surface area contributed by atoms with E-state index >= 15 is 0 Å². The highest BCUT2D eigenvalue weighted by Crippen LogP contribution is 2.24. The van der Waals surface area contributed by atoms with E-state index in [1.54, 1.807) is 25.3 Å². The summed E-state index contributed by atoms with van der Waals surface area (Å²) in [5.41, 5.74) is 0. The Kier molecular flexibility index (Phi) is 6.37. The largest absolute Gasteiger partial charge is 0.504 e. The summed E-state index contributed by atoms with van der Waals surface area (Å²) in [5.74, 6) is 0.683. The van der Waals surface area contributed by atoms with Crippen LogP contribution in [0.3, 0.4) is 0 Å². The Bertz CT molecular complexity index is 288. The Morgan fingerprint density at radius 2 is 1.88 bits per heavy atom. The van der Waals surface area contributed by atoms with Crippen molar-refractivity contribution in [3.05, 3.63) is 24.3 Å². The number of hydrogen-bond donors (Lipinski definition) is 1. The highest BCUT2D eigenvalue weighted by Gasteiger charge is 1.99. The van der Waals surface area contributed by atoms with Crippen molar-refractivity contribution in [3.8, 4) is 11.5 Å². The number of methoxy groups -OCH3 is 1. The van der Waals surface area contributed by atoms with Crippen molar-refractivity contribution in [2.75, 3.05) is 33.5 Å². The third kappa shape index (κ3) is 5.00. The molecule has 0 bridgehead atoms. The maximum atomic E-state index is 9.41. The quantitative estimate of drug-likeness (QED) is 0.687. The van der Waals surface area contributed by atoms with Gasteiger partial charge in [0.05, 0.1) is 19.8 Å². The number of benzene rings is 1. The molecule has 0 aromatic heterocycles. The average Bonchev–Trinajstić information content (AvgIpc) is 2.30. The molecule has 0 saturated heterocycles. The fourth-order valence-corrected chi connectivity index (χ4v) is 1.17. The molecule has 0 saturated carbocycles. The normalized spacial score (nSPS) is 10.3. The summed E-state index contributed by atoms with van der Waals surface area (Å²) in [6.07, 6.45) is 0.790. The predicted molar refractivity (Wildman–Crippen MR) is 60.9 cm³/mol. The van der Waals surface area contributed by atoms with Crippen LogP contribution in [0.25, 0.3) is 0 Å². The number of para-hydroxylation sites is 2. The minimum absolute atomic E-state index is 0.169. The molecule has 0 fully saturated rings. The third-order valence-corrected chi connectivity index (χ3v) is 1.99. The fraction of sp³-hybridized carbons (Fsp3) is 0.500. The first-order valence-corrected chi connectivity index (χ1v) is 5.32. The van der Waals surface area contributed by atoms with Crippen LogP contribution in [-0.2, 0) is 9.47 Å². The first kappa shape index (κ1) is 12.8. The molecule has 0 aliphatic carbocycles. The summed E-state index contributed by atoms with van der Waals surface area (Å²) in [7, 11) is 1.64. The molecule has 90 valence electrons. The van der Waals surface area contributed by atoms with Crippen molar-refractivity contribution in [1.82, 2.24) is 0 Å². The minimum atomic E-state index is 0.169. The van der Waals surface area contributed by atoms with Gasteiger partial charge in [-0.2, -0.15) is 0 Å². The number of aromatic hydroxyl groups is 1. The van der Waals surface area contributed by atoms with Crippen LogP contribution in [0.1, 0.15) is 6.42 Å². The van der Waals surface area contributed by atoms with E-state index in [2.05, 4.69) is 0 Å². The van der Waals surface area contributed by atoms with Gasteiger partial charge >= 0.3 is 0 Å². The first-order chi connectivity index (χ1) is 7.84. The molecule has 0 aliphatic heterocycles. The van der Waals surface area contributed by atoms with Crippen LogP contribution in [0, 0.1) is 0 Å². The van der Waals surface area contributed by atoms with E-state index in [0.717, 1.165) is 6.42 Å². The molecule has 0 atom stereocenters. The Balaban J connectivity index is 2.05. The summed E-state index contributed by atoms with van der Waals surface area (Å²) in [4.78, 5) is 0. The maximum absolute atomic E-state index is 9.41. The van der Waals surface area contributed by atoms with Crippen LogP contribution >= 0.6 is 0 Å². The molecule has 0 unspecified atom stereocenters. The Morgan fingerprint density at radius 3 is 2.62 bits per heavy atom. The molecule has 0 spiro atoms. The van der Waals surface area contributed by atoms with Gasteiger partial charge in [-0.25, -0.2) is 0 Å². The van der Waals surface area contributed by atoms with Crippen molar-refractivity contribution < 1.29 is 19.3 Å². The molecule has 1 aromatic rings. The lowest BCUT2D eigenvalue weighted by molar-refractivity contribution is 0.0643. The van der Waals surface area contributed by atoms with Crippen molar-refractivity contribution in [2.45, 2.75) is 6.42 Å². The van der Waals surface area contributed by atoms with Gasteiger partial charge < -0.3 is 19.3 Å². The number of phenols is 1. The highest BCUT2D eigenvalue weighted by atomic mass is 16.5. The fourth-order valence-electron chi connectivity index (χ4n) is 1.17. The molecule has 1 rings (SSSR count). The third-order valence-electron chi connectivity index (χ3n) is 1.99. The van der Waals surface area contributed by atoms with Crippen LogP contribution in [0.15, 0.2) is 24.3 Å². The lowest BCUT2D eigenvalue weighted by Gasteiger charge is -2.07. The Hall–Kier alpha value is -1.26. The van der Waals surface area contributed by atoms with Gasteiger partial charge in [-0.3, -0.25) is 0 Å².